The molecule has 244 valence electrons. The van der Waals surface area contributed by atoms with Gasteiger partial charge < -0.3 is 39.7 Å². The Balaban J connectivity index is 1.32. The number of aromatic hydroxyl groups is 2. The fraction of sp³-hybridized carbons (Fsp3) is 0.342. The summed E-state index contributed by atoms with van der Waals surface area (Å²) in [4.78, 5) is 4.53. The first-order valence-electron chi connectivity index (χ1n) is 16.1. The molecule has 1 aliphatic carbocycles. The molecule has 3 unspecified atom stereocenters. The second kappa shape index (κ2) is 12.9. The molecular formula is C38H39NO8. The number of nitrogens with zero attached hydrogens (tertiary/aromatic N) is 1. The molecule has 0 bridgehead atoms. The van der Waals surface area contributed by atoms with E-state index < -0.39 is 12.2 Å². The molecule has 7 rings (SSSR count). The molecule has 0 saturated heterocycles. The number of phenols is 2. The summed E-state index contributed by atoms with van der Waals surface area (Å²) < 4.78 is 18.2. The molecule has 5 N–H and O–H groups in total. The van der Waals surface area contributed by atoms with Crippen LogP contribution in [0, 0.1) is 0 Å². The Morgan fingerprint density at radius 2 is 1.81 bits per heavy atom. The number of methoxy groups -OCH3 is 1. The van der Waals surface area contributed by atoms with Crippen molar-refractivity contribution in [3.63, 3.8) is 0 Å². The predicted molar refractivity (Wildman–Crippen MR) is 176 cm³/mol. The van der Waals surface area contributed by atoms with Crippen molar-refractivity contribution in [2.45, 2.75) is 50.2 Å². The fourth-order valence-corrected chi connectivity index (χ4v) is 7.36. The summed E-state index contributed by atoms with van der Waals surface area (Å²) in [6.45, 7) is 0.603. The fourth-order valence-electron chi connectivity index (χ4n) is 7.36. The van der Waals surface area contributed by atoms with Gasteiger partial charge in [0.2, 0.25) is 0 Å². The average Bonchev–Trinajstić information content (AvgIpc) is 3.55. The topological polar surface area (TPSA) is 141 Å². The van der Waals surface area contributed by atoms with Crippen LogP contribution in [-0.2, 0) is 25.7 Å². The first-order valence-corrected chi connectivity index (χ1v) is 16.1. The van der Waals surface area contributed by atoms with E-state index in [9.17, 15) is 25.5 Å². The van der Waals surface area contributed by atoms with Crippen molar-refractivity contribution in [2.24, 2.45) is 4.99 Å². The van der Waals surface area contributed by atoms with Crippen molar-refractivity contribution >= 4 is 6.08 Å². The van der Waals surface area contributed by atoms with Gasteiger partial charge in [-0.25, -0.2) is 0 Å². The smallest absolute Gasteiger partial charge is 0.161 e. The van der Waals surface area contributed by atoms with Crippen molar-refractivity contribution in [3.05, 3.63) is 98.6 Å². The Bertz CT molecular complexity index is 1950. The van der Waals surface area contributed by atoms with E-state index >= 15 is 0 Å². The van der Waals surface area contributed by atoms with Gasteiger partial charge in [0.25, 0.3) is 0 Å². The lowest BCUT2D eigenvalue weighted by Crippen LogP contribution is -2.32. The maximum absolute atomic E-state index is 11.6. The van der Waals surface area contributed by atoms with Crippen molar-refractivity contribution in [2.75, 3.05) is 33.5 Å². The van der Waals surface area contributed by atoms with Gasteiger partial charge >= 0.3 is 0 Å². The van der Waals surface area contributed by atoms with Crippen molar-refractivity contribution in [1.82, 2.24) is 0 Å². The third-order valence-corrected chi connectivity index (χ3v) is 9.51. The van der Waals surface area contributed by atoms with Gasteiger partial charge in [-0.3, -0.25) is 4.99 Å². The van der Waals surface area contributed by atoms with Crippen molar-refractivity contribution in [1.29, 1.82) is 0 Å². The molecule has 2 heterocycles. The largest absolute Gasteiger partial charge is 0.508 e. The first kappa shape index (κ1) is 31.1. The Labute approximate surface area is 272 Å². The van der Waals surface area contributed by atoms with Crippen LogP contribution in [0.1, 0.15) is 51.8 Å². The molecule has 0 spiro atoms. The number of aryl methyl sites for hydroxylation is 1. The van der Waals surface area contributed by atoms with E-state index in [1.807, 2.05) is 18.2 Å². The van der Waals surface area contributed by atoms with E-state index in [2.05, 4.69) is 29.3 Å². The Morgan fingerprint density at radius 1 is 0.936 bits per heavy atom. The highest BCUT2D eigenvalue weighted by Crippen LogP contribution is 2.52. The molecule has 3 atom stereocenters. The molecule has 9 nitrogen and oxygen atoms in total. The lowest BCUT2D eigenvalue weighted by Gasteiger charge is -2.37. The van der Waals surface area contributed by atoms with E-state index in [4.69, 9.17) is 14.2 Å². The molecule has 0 saturated carbocycles. The minimum Gasteiger partial charge on any atom is -0.508 e. The van der Waals surface area contributed by atoms with Gasteiger partial charge in [-0.15, -0.1) is 0 Å². The first-order chi connectivity index (χ1) is 22.9. The summed E-state index contributed by atoms with van der Waals surface area (Å²) in [6.07, 6.45) is 3.09. The van der Waals surface area contributed by atoms with E-state index in [1.54, 1.807) is 18.2 Å². The quantitative estimate of drug-likeness (QED) is 0.178. The molecule has 0 amide bonds. The number of ether oxygens (including phenoxy) is 3. The van der Waals surface area contributed by atoms with Gasteiger partial charge in [0.1, 0.15) is 30.0 Å². The summed E-state index contributed by atoms with van der Waals surface area (Å²) in [6, 6.07) is 17.1. The molecule has 0 aromatic heterocycles. The van der Waals surface area contributed by atoms with E-state index in [0.29, 0.717) is 54.9 Å². The van der Waals surface area contributed by atoms with Gasteiger partial charge in [0.15, 0.2) is 11.5 Å². The molecule has 2 aliphatic heterocycles. The lowest BCUT2D eigenvalue weighted by molar-refractivity contribution is 0.0201. The highest BCUT2D eigenvalue weighted by molar-refractivity contribution is 5.83. The lowest BCUT2D eigenvalue weighted by atomic mass is 9.73. The number of aliphatic hydroxyl groups is 3. The molecular weight excluding hydrogens is 598 g/mol. The summed E-state index contributed by atoms with van der Waals surface area (Å²) in [5.74, 6) is 1.66. The number of benzene rings is 4. The van der Waals surface area contributed by atoms with Crippen LogP contribution in [-0.4, -0.2) is 65.1 Å². The standard InChI is InChI=1S/C38H39NO8/c1-45-35-17-25(15-23(37(35)44)3-2-10-40)38-32(43)19-29-30-16-24(14-21-4-7-31-22(13-21)8-9-39-31)28-18-26(42)5-6-27(28)36(30)34(46-12-11-41)20-33(29)47-38/h4-8,13,15,17-18,20,24,32,38,40-44H,2-3,9-12,14,16,19H2,1H3. The van der Waals surface area contributed by atoms with E-state index in [1.165, 1.54) is 12.7 Å². The third-order valence-electron chi connectivity index (χ3n) is 9.51. The molecule has 3 aliphatic rings. The van der Waals surface area contributed by atoms with Crippen LogP contribution in [0.5, 0.6) is 28.7 Å². The number of hydrogen-bond acceptors (Lipinski definition) is 9. The maximum Gasteiger partial charge on any atom is 0.161 e. The Morgan fingerprint density at radius 3 is 2.62 bits per heavy atom. The van der Waals surface area contributed by atoms with E-state index in [0.717, 1.165) is 44.8 Å². The SMILES string of the molecule is COc1cc(C2Oc3cc(OCCO)c4c(c3CC2O)CC(Cc2ccc3c(c2)=CCN=3)c2cc(O)ccc2-4)cc(CCCO)c1O. The number of aliphatic hydroxyl groups excluding tert-OH is 3. The Kier molecular flexibility index (Phi) is 8.53. The average molecular weight is 638 g/mol. The predicted octanol–water partition coefficient (Wildman–Crippen LogP) is 3.40. The molecule has 0 fully saturated rings. The van der Waals surface area contributed by atoms with Gasteiger partial charge in [-0.1, -0.05) is 18.2 Å². The number of rotatable bonds is 10. The normalized spacial score (nSPS) is 18.9. The zero-order valence-corrected chi connectivity index (χ0v) is 26.3. The molecule has 4 aromatic rings. The molecule has 9 heteroatoms. The minimum absolute atomic E-state index is 0.00978. The summed E-state index contributed by atoms with van der Waals surface area (Å²) in [5.41, 5.74) is 7.20. The molecule has 47 heavy (non-hydrogen) atoms. The number of fused-ring (bicyclic) bond motifs is 6. The second-order valence-corrected chi connectivity index (χ2v) is 12.5. The zero-order chi connectivity index (χ0) is 32.7. The van der Waals surface area contributed by atoms with Crippen LogP contribution in [0.2, 0.25) is 0 Å². The van der Waals surface area contributed by atoms with Gasteiger partial charge in [0.05, 0.1) is 31.7 Å². The van der Waals surface area contributed by atoms with Crippen molar-refractivity contribution in [3.8, 4) is 39.9 Å². The maximum atomic E-state index is 11.6. The highest BCUT2D eigenvalue weighted by atomic mass is 16.5. The van der Waals surface area contributed by atoms with E-state index in [-0.39, 0.29) is 43.0 Å². The second-order valence-electron chi connectivity index (χ2n) is 12.5. The molecule has 0 radical (unpaired) electrons. The number of phenolic OH excluding ortho intramolecular Hbond substituents is 2. The number of hydrogen-bond donors (Lipinski definition) is 5. The van der Waals surface area contributed by atoms with Crippen LogP contribution in [0.3, 0.4) is 0 Å². The highest BCUT2D eigenvalue weighted by Gasteiger charge is 2.37. The Hall–Kier alpha value is -4.57. The third kappa shape index (κ3) is 5.79. The van der Waals surface area contributed by atoms with Crippen LogP contribution in [0.15, 0.2) is 59.6 Å². The summed E-state index contributed by atoms with van der Waals surface area (Å²) in [7, 11) is 1.48. The monoisotopic (exact) mass is 637 g/mol. The van der Waals surface area contributed by atoms with Gasteiger partial charge in [-0.2, -0.15) is 0 Å². The summed E-state index contributed by atoms with van der Waals surface area (Å²) >= 11 is 0. The van der Waals surface area contributed by atoms with Crippen LogP contribution in [0.4, 0.5) is 0 Å². The van der Waals surface area contributed by atoms with Crippen LogP contribution in [0.25, 0.3) is 17.2 Å². The minimum atomic E-state index is -0.897. The van der Waals surface area contributed by atoms with Gasteiger partial charge in [0, 0.05) is 30.2 Å². The molecule has 4 aromatic carbocycles. The zero-order valence-electron chi connectivity index (χ0n) is 26.3. The van der Waals surface area contributed by atoms with Gasteiger partial charge in [-0.05, 0) is 107 Å². The van der Waals surface area contributed by atoms with Crippen molar-refractivity contribution < 1.29 is 39.7 Å². The van der Waals surface area contributed by atoms with Crippen LogP contribution >= 0.6 is 0 Å². The summed E-state index contributed by atoms with van der Waals surface area (Å²) in [5, 5.41) is 54.1. The van der Waals surface area contributed by atoms with Crippen LogP contribution < -0.4 is 24.8 Å².